The number of hydrogen-bond acceptors (Lipinski definition) is 6. The molecule has 1 fully saturated rings. The predicted octanol–water partition coefficient (Wildman–Crippen LogP) is 4.14. The summed E-state index contributed by atoms with van der Waals surface area (Å²) in [5, 5.41) is 13.6. The number of nitro benzene ring substituents is 1. The summed E-state index contributed by atoms with van der Waals surface area (Å²) in [5.74, 6) is -0.644. The van der Waals surface area contributed by atoms with E-state index < -0.39 is 16.1 Å². The van der Waals surface area contributed by atoms with Gasteiger partial charge in [-0.3, -0.25) is 24.6 Å². The third-order valence-electron chi connectivity index (χ3n) is 4.67. The van der Waals surface area contributed by atoms with Crippen LogP contribution in [0.15, 0.2) is 53.5 Å². The maximum absolute atomic E-state index is 12.8. The van der Waals surface area contributed by atoms with Crippen molar-refractivity contribution >= 4 is 45.8 Å². The summed E-state index contributed by atoms with van der Waals surface area (Å²) in [6, 6.07) is 13.7. The average Bonchev–Trinajstić information content (AvgIpc) is 3.02. The van der Waals surface area contributed by atoms with Gasteiger partial charge in [0.2, 0.25) is 11.8 Å². The number of anilines is 1. The number of rotatable bonds is 7. The zero-order valence-electron chi connectivity index (χ0n) is 16.7. The highest BCUT2D eigenvalue weighted by Crippen LogP contribution is 2.33. The summed E-state index contributed by atoms with van der Waals surface area (Å²) in [6.07, 6.45) is 0.722. The van der Waals surface area contributed by atoms with E-state index in [1.807, 2.05) is 38.1 Å². The summed E-state index contributed by atoms with van der Waals surface area (Å²) in [7, 11) is 0. The molecule has 2 aromatic carbocycles. The fraction of sp³-hybridized carbons (Fsp3) is 0.286. The molecule has 1 atom stereocenters. The van der Waals surface area contributed by atoms with Gasteiger partial charge in [-0.15, -0.1) is 0 Å². The van der Waals surface area contributed by atoms with Gasteiger partial charge < -0.3 is 5.32 Å². The van der Waals surface area contributed by atoms with Crippen molar-refractivity contribution in [1.29, 1.82) is 0 Å². The molecule has 0 saturated carbocycles. The number of carbonyl (C=O) groups is 2. The molecule has 156 valence electrons. The number of thioether (sulfide) groups is 1. The maximum atomic E-state index is 12.8. The molecule has 1 saturated heterocycles. The van der Waals surface area contributed by atoms with E-state index in [1.54, 1.807) is 11.0 Å². The van der Waals surface area contributed by atoms with Crippen LogP contribution in [0.2, 0.25) is 0 Å². The highest BCUT2D eigenvalue weighted by Gasteiger charge is 2.38. The summed E-state index contributed by atoms with van der Waals surface area (Å²) >= 11 is 1.25. The lowest BCUT2D eigenvalue weighted by Gasteiger charge is -2.14. The first kappa shape index (κ1) is 21.5. The quantitative estimate of drug-likeness (QED) is 0.529. The van der Waals surface area contributed by atoms with Crippen molar-refractivity contribution in [2.45, 2.75) is 31.9 Å². The van der Waals surface area contributed by atoms with Gasteiger partial charge in [-0.2, -0.15) is 0 Å². The summed E-state index contributed by atoms with van der Waals surface area (Å²) < 4.78 is 0. The highest BCUT2D eigenvalue weighted by atomic mass is 32.2. The van der Waals surface area contributed by atoms with Gasteiger partial charge in [-0.1, -0.05) is 49.0 Å². The van der Waals surface area contributed by atoms with Crippen LogP contribution in [-0.4, -0.2) is 38.6 Å². The van der Waals surface area contributed by atoms with Crippen molar-refractivity contribution in [3.63, 3.8) is 0 Å². The Hall–Kier alpha value is -3.20. The molecular weight excluding hydrogens is 404 g/mol. The van der Waals surface area contributed by atoms with Crippen LogP contribution >= 0.6 is 11.8 Å². The van der Waals surface area contributed by atoms with Crippen LogP contribution in [0.3, 0.4) is 0 Å². The van der Waals surface area contributed by atoms with Gasteiger partial charge in [0.1, 0.15) is 10.9 Å². The number of amides is 2. The van der Waals surface area contributed by atoms with Crippen LogP contribution in [0.1, 0.15) is 25.8 Å². The normalized spacial score (nSPS) is 17.4. The molecule has 0 aliphatic carbocycles. The first-order valence-corrected chi connectivity index (χ1v) is 10.5. The monoisotopic (exact) mass is 426 g/mol. The number of hydrogen-bond donors (Lipinski definition) is 1. The van der Waals surface area contributed by atoms with Crippen molar-refractivity contribution in [2.24, 2.45) is 4.99 Å². The number of aryl methyl sites for hydroxylation is 1. The predicted molar refractivity (Wildman–Crippen MR) is 118 cm³/mol. The Balaban J connectivity index is 1.76. The summed E-state index contributed by atoms with van der Waals surface area (Å²) in [6.45, 7) is 4.34. The van der Waals surface area contributed by atoms with Crippen molar-refractivity contribution in [3.05, 3.63) is 64.2 Å². The smallest absolute Gasteiger partial charge is 0.292 e. The Morgan fingerprint density at radius 1 is 1.20 bits per heavy atom. The van der Waals surface area contributed by atoms with Crippen molar-refractivity contribution in [3.8, 4) is 0 Å². The average molecular weight is 426 g/mol. The Kier molecular flexibility index (Phi) is 6.83. The Labute approximate surface area is 178 Å². The number of nitrogens with one attached hydrogen (secondary N) is 1. The van der Waals surface area contributed by atoms with Gasteiger partial charge >= 0.3 is 0 Å². The number of benzene rings is 2. The van der Waals surface area contributed by atoms with Crippen LogP contribution in [0.25, 0.3) is 0 Å². The fourth-order valence-electron chi connectivity index (χ4n) is 3.15. The zero-order chi connectivity index (χ0) is 21.7. The lowest BCUT2D eigenvalue weighted by atomic mass is 10.1. The van der Waals surface area contributed by atoms with E-state index >= 15 is 0 Å². The zero-order valence-corrected chi connectivity index (χ0v) is 17.5. The second-order valence-electron chi connectivity index (χ2n) is 6.59. The van der Waals surface area contributed by atoms with E-state index in [0.29, 0.717) is 11.7 Å². The minimum Gasteiger partial charge on any atom is -0.320 e. The van der Waals surface area contributed by atoms with Crippen LogP contribution in [0.4, 0.5) is 17.1 Å². The third-order valence-corrected chi connectivity index (χ3v) is 5.85. The number of aliphatic imine (C=N–C) groups is 1. The molecule has 2 amide bonds. The second-order valence-corrected chi connectivity index (χ2v) is 7.76. The van der Waals surface area contributed by atoms with E-state index in [9.17, 15) is 19.7 Å². The molecule has 0 spiro atoms. The maximum Gasteiger partial charge on any atom is 0.292 e. The summed E-state index contributed by atoms with van der Waals surface area (Å²) in [5.41, 5.74) is 1.80. The Bertz CT molecular complexity index is 1010. The Morgan fingerprint density at radius 3 is 2.60 bits per heavy atom. The lowest BCUT2D eigenvalue weighted by molar-refractivity contribution is -0.383. The minimum absolute atomic E-state index is 0.0967. The van der Waals surface area contributed by atoms with E-state index in [0.717, 1.165) is 17.7 Å². The first-order valence-electron chi connectivity index (χ1n) is 9.62. The molecule has 3 rings (SSSR count). The molecule has 1 unspecified atom stereocenters. The molecule has 0 radical (unpaired) electrons. The van der Waals surface area contributed by atoms with Crippen LogP contribution in [0.5, 0.6) is 0 Å². The second kappa shape index (κ2) is 9.53. The molecule has 2 aromatic rings. The number of nitro groups is 1. The molecular formula is C21H22N4O4S. The molecule has 9 heteroatoms. The van der Waals surface area contributed by atoms with Crippen molar-refractivity contribution in [2.75, 3.05) is 11.9 Å². The third kappa shape index (κ3) is 4.68. The van der Waals surface area contributed by atoms with E-state index in [1.165, 1.54) is 30.0 Å². The number of amidine groups is 1. The van der Waals surface area contributed by atoms with Crippen LogP contribution in [-0.2, 0) is 16.0 Å². The molecule has 1 aliphatic heterocycles. The molecule has 1 aliphatic rings. The van der Waals surface area contributed by atoms with Crippen molar-refractivity contribution < 1.29 is 14.5 Å². The minimum atomic E-state index is -0.625. The molecule has 1 N–H and O–H groups in total. The first-order chi connectivity index (χ1) is 14.4. The van der Waals surface area contributed by atoms with Crippen LogP contribution in [0, 0.1) is 10.1 Å². The number of para-hydroxylation sites is 3. The van der Waals surface area contributed by atoms with E-state index in [-0.39, 0.29) is 23.7 Å². The number of nitrogens with zero attached hydrogens (tertiary/aromatic N) is 3. The van der Waals surface area contributed by atoms with Gasteiger partial charge in [0.05, 0.1) is 10.6 Å². The van der Waals surface area contributed by atoms with Gasteiger partial charge in [0.15, 0.2) is 5.17 Å². The van der Waals surface area contributed by atoms with Crippen molar-refractivity contribution in [1.82, 2.24) is 4.90 Å². The van der Waals surface area contributed by atoms with Gasteiger partial charge in [-0.25, -0.2) is 4.99 Å². The van der Waals surface area contributed by atoms with Gasteiger partial charge in [-0.05, 0) is 31.0 Å². The van der Waals surface area contributed by atoms with E-state index in [2.05, 4.69) is 10.3 Å². The molecule has 8 nitrogen and oxygen atoms in total. The largest absolute Gasteiger partial charge is 0.320 e. The topological polar surface area (TPSA) is 105 Å². The SMILES string of the molecule is CCc1ccccc1N=C1SC(CC(=O)Nc2ccccc2[N+](=O)[O-])C(=O)N1CC. The Morgan fingerprint density at radius 2 is 1.90 bits per heavy atom. The molecule has 0 aromatic heterocycles. The molecule has 1 heterocycles. The molecule has 0 bridgehead atoms. The highest BCUT2D eigenvalue weighted by molar-refractivity contribution is 8.15. The van der Waals surface area contributed by atoms with Gasteiger partial charge in [0, 0.05) is 19.0 Å². The fourth-order valence-corrected chi connectivity index (χ4v) is 4.36. The van der Waals surface area contributed by atoms with Crippen LogP contribution < -0.4 is 5.32 Å². The number of carbonyl (C=O) groups excluding carboxylic acids is 2. The molecule has 30 heavy (non-hydrogen) atoms. The summed E-state index contributed by atoms with van der Waals surface area (Å²) in [4.78, 5) is 42.1. The van der Waals surface area contributed by atoms with E-state index in [4.69, 9.17) is 0 Å². The van der Waals surface area contributed by atoms with Gasteiger partial charge in [0.25, 0.3) is 5.69 Å². The standard InChI is InChI=1S/C21H22N4O4S/c1-3-14-9-5-6-10-15(14)23-21-24(4-2)20(27)18(30-21)13-19(26)22-16-11-7-8-12-17(16)25(28)29/h5-12,18H,3-4,13H2,1-2H3,(H,22,26). The lowest BCUT2D eigenvalue weighted by Crippen LogP contribution is -2.33.